The summed E-state index contributed by atoms with van der Waals surface area (Å²) in [6.07, 6.45) is -1.29. The normalized spacial score (nSPS) is 14.2. The number of alkyl halides is 3. The van der Waals surface area contributed by atoms with E-state index in [2.05, 4.69) is 15.5 Å². The molecule has 1 aliphatic carbocycles. The van der Waals surface area contributed by atoms with Gasteiger partial charge in [0, 0.05) is 22.6 Å². The molecule has 0 bridgehead atoms. The number of fused-ring (bicyclic) bond motifs is 1. The van der Waals surface area contributed by atoms with Gasteiger partial charge in [0.05, 0.1) is 12.2 Å². The molecule has 0 spiro atoms. The van der Waals surface area contributed by atoms with E-state index in [0.717, 1.165) is 29.8 Å². The summed E-state index contributed by atoms with van der Waals surface area (Å²) >= 11 is 0. The van der Waals surface area contributed by atoms with Crippen molar-refractivity contribution in [2.24, 2.45) is 0 Å². The summed E-state index contributed by atoms with van der Waals surface area (Å²) in [5, 5.41) is 11.0. The van der Waals surface area contributed by atoms with E-state index in [1.807, 2.05) is 42.8 Å². The Morgan fingerprint density at radius 3 is 2.56 bits per heavy atom. The number of hydrogen-bond donors (Lipinski definition) is 1. The summed E-state index contributed by atoms with van der Waals surface area (Å²) in [6.45, 7) is 4.22. The second-order valence-corrected chi connectivity index (χ2v) is 8.32. The van der Waals surface area contributed by atoms with Gasteiger partial charge in [-0.25, -0.2) is 0 Å². The standard InChI is InChI=1S/C23H26F3N5O/c1-15-11-16(2)30(28-15)13-17-7-6-8-18(12-17)27-21(32)14-31-20-10-5-3-4-9-19(20)22(29-31)23(24,25)26/h6-8,11-12H,3-5,9-10,13-14H2,1-2H3,(H,27,32). The first-order valence-electron chi connectivity index (χ1n) is 10.8. The number of benzene rings is 1. The minimum absolute atomic E-state index is 0.245. The lowest BCUT2D eigenvalue weighted by atomic mass is 10.1. The number of rotatable bonds is 5. The lowest BCUT2D eigenvalue weighted by Crippen LogP contribution is -2.21. The highest BCUT2D eigenvalue weighted by Gasteiger charge is 2.39. The Balaban J connectivity index is 1.50. The number of nitrogens with zero attached hydrogens (tertiary/aromatic N) is 4. The highest BCUT2D eigenvalue weighted by molar-refractivity contribution is 5.90. The molecule has 4 rings (SSSR count). The predicted molar refractivity (Wildman–Crippen MR) is 114 cm³/mol. The summed E-state index contributed by atoms with van der Waals surface area (Å²) in [5.74, 6) is -0.406. The maximum Gasteiger partial charge on any atom is 0.435 e. The van der Waals surface area contributed by atoms with Gasteiger partial charge < -0.3 is 5.32 Å². The van der Waals surface area contributed by atoms with Crippen molar-refractivity contribution in [3.8, 4) is 0 Å². The van der Waals surface area contributed by atoms with E-state index in [4.69, 9.17) is 0 Å². The summed E-state index contributed by atoms with van der Waals surface area (Å²) in [7, 11) is 0. The zero-order chi connectivity index (χ0) is 22.9. The fourth-order valence-electron chi connectivity index (χ4n) is 4.30. The van der Waals surface area contributed by atoms with Crippen LogP contribution in [0.2, 0.25) is 0 Å². The minimum Gasteiger partial charge on any atom is -0.324 e. The first-order chi connectivity index (χ1) is 15.2. The molecule has 1 N–H and O–H groups in total. The zero-order valence-corrected chi connectivity index (χ0v) is 18.2. The van der Waals surface area contributed by atoms with Crippen molar-refractivity contribution in [1.29, 1.82) is 0 Å². The van der Waals surface area contributed by atoms with Crippen molar-refractivity contribution < 1.29 is 18.0 Å². The third-order valence-corrected chi connectivity index (χ3v) is 5.72. The van der Waals surface area contributed by atoms with E-state index in [1.54, 1.807) is 6.07 Å². The van der Waals surface area contributed by atoms with E-state index in [0.29, 0.717) is 37.2 Å². The van der Waals surface area contributed by atoms with Crippen LogP contribution in [0.15, 0.2) is 30.3 Å². The second kappa shape index (κ2) is 8.80. The van der Waals surface area contributed by atoms with Crippen molar-refractivity contribution in [1.82, 2.24) is 19.6 Å². The SMILES string of the molecule is Cc1cc(C)n(Cc2cccc(NC(=O)Cn3nc(C(F)(F)F)c4c3CCCCC4)c2)n1. The Morgan fingerprint density at radius 2 is 1.84 bits per heavy atom. The molecule has 1 aliphatic rings. The van der Waals surface area contributed by atoms with Gasteiger partial charge in [-0.05, 0) is 63.3 Å². The zero-order valence-electron chi connectivity index (χ0n) is 18.2. The summed E-state index contributed by atoms with van der Waals surface area (Å²) in [6, 6.07) is 9.37. The van der Waals surface area contributed by atoms with Gasteiger partial charge in [0.25, 0.3) is 0 Å². The Hall–Kier alpha value is -3.10. The number of aromatic nitrogens is 4. The van der Waals surface area contributed by atoms with E-state index in [9.17, 15) is 18.0 Å². The van der Waals surface area contributed by atoms with Gasteiger partial charge in [0.2, 0.25) is 5.91 Å². The number of nitrogens with one attached hydrogen (secondary N) is 1. The lowest BCUT2D eigenvalue weighted by Gasteiger charge is -2.10. The van der Waals surface area contributed by atoms with E-state index in [1.165, 1.54) is 4.68 Å². The fraction of sp³-hybridized carbons (Fsp3) is 0.435. The third-order valence-electron chi connectivity index (χ3n) is 5.72. The van der Waals surface area contributed by atoms with Gasteiger partial charge >= 0.3 is 6.18 Å². The van der Waals surface area contributed by atoms with Crippen LogP contribution in [0.25, 0.3) is 0 Å². The van der Waals surface area contributed by atoms with Crippen molar-refractivity contribution in [3.05, 3.63) is 64.2 Å². The molecule has 2 aromatic heterocycles. The minimum atomic E-state index is -4.52. The first kappa shape index (κ1) is 22.1. The molecule has 3 aromatic rings. The number of hydrogen-bond acceptors (Lipinski definition) is 3. The Bertz CT molecular complexity index is 1130. The number of anilines is 1. The highest BCUT2D eigenvalue weighted by Crippen LogP contribution is 2.35. The Morgan fingerprint density at radius 1 is 1.06 bits per heavy atom. The second-order valence-electron chi connectivity index (χ2n) is 8.32. The van der Waals surface area contributed by atoms with Crippen LogP contribution in [0.3, 0.4) is 0 Å². The largest absolute Gasteiger partial charge is 0.435 e. The van der Waals surface area contributed by atoms with Crippen LogP contribution in [0.1, 0.15) is 53.2 Å². The maximum absolute atomic E-state index is 13.5. The lowest BCUT2D eigenvalue weighted by molar-refractivity contribution is -0.142. The molecular formula is C23H26F3N5O. The van der Waals surface area contributed by atoms with Crippen LogP contribution >= 0.6 is 0 Å². The van der Waals surface area contributed by atoms with Crippen molar-refractivity contribution in [2.45, 2.75) is 65.2 Å². The molecule has 1 aromatic carbocycles. The van der Waals surface area contributed by atoms with Crippen LogP contribution in [0, 0.1) is 13.8 Å². The molecule has 2 heterocycles. The molecule has 0 unspecified atom stereocenters. The molecule has 0 radical (unpaired) electrons. The average molecular weight is 445 g/mol. The molecule has 0 atom stereocenters. The van der Waals surface area contributed by atoms with Crippen molar-refractivity contribution >= 4 is 11.6 Å². The fourth-order valence-corrected chi connectivity index (χ4v) is 4.30. The number of amides is 1. The number of halogens is 3. The average Bonchev–Trinajstić information content (AvgIpc) is 3.09. The molecule has 6 nitrogen and oxygen atoms in total. The van der Waals surface area contributed by atoms with Gasteiger partial charge in [-0.1, -0.05) is 18.6 Å². The molecule has 0 saturated heterocycles. The van der Waals surface area contributed by atoms with Crippen molar-refractivity contribution in [3.63, 3.8) is 0 Å². The Labute approximate surface area is 184 Å². The van der Waals surface area contributed by atoms with Gasteiger partial charge in [0.1, 0.15) is 6.54 Å². The van der Waals surface area contributed by atoms with Crippen LogP contribution in [-0.4, -0.2) is 25.5 Å². The molecule has 9 heteroatoms. The monoisotopic (exact) mass is 445 g/mol. The summed E-state index contributed by atoms with van der Waals surface area (Å²) in [5.41, 5.74) is 3.44. The van der Waals surface area contributed by atoms with Crippen LogP contribution < -0.4 is 5.32 Å². The molecule has 170 valence electrons. The summed E-state index contributed by atoms with van der Waals surface area (Å²) < 4.78 is 43.5. The highest BCUT2D eigenvalue weighted by atomic mass is 19.4. The van der Waals surface area contributed by atoms with E-state index < -0.39 is 17.8 Å². The van der Waals surface area contributed by atoms with Gasteiger partial charge in [-0.15, -0.1) is 0 Å². The number of carbonyl (C=O) groups excluding carboxylic acids is 1. The van der Waals surface area contributed by atoms with Crippen LogP contribution in [0.5, 0.6) is 0 Å². The first-order valence-corrected chi connectivity index (χ1v) is 10.8. The van der Waals surface area contributed by atoms with Gasteiger partial charge in [-0.3, -0.25) is 14.2 Å². The molecule has 32 heavy (non-hydrogen) atoms. The van der Waals surface area contributed by atoms with Crippen LogP contribution in [0.4, 0.5) is 18.9 Å². The van der Waals surface area contributed by atoms with E-state index >= 15 is 0 Å². The Kier molecular flexibility index (Phi) is 6.08. The van der Waals surface area contributed by atoms with E-state index in [-0.39, 0.29) is 12.1 Å². The molecule has 0 aliphatic heterocycles. The number of carbonyl (C=O) groups is 1. The third kappa shape index (κ3) is 4.87. The summed E-state index contributed by atoms with van der Waals surface area (Å²) in [4.78, 5) is 12.7. The smallest absolute Gasteiger partial charge is 0.324 e. The maximum atomic E-state index is 13.5. The van der Waals surface area contributed by atoms with Crippen molar-refractivity contribution in [2.75, 3.05) is 5.32 Å². The van der Waals surface area contributed by atoms with Gasteiger partial charge in [0.15, 0.2) is 5.69 Å². The predicted octanol–water partition coefficient (Wildman–Crippen LogP) is 4.67. The topological polar surface area (TPSA) is 64.7 Å². The molecule has 1 amide bonds. The molecular weight excluding hydrogens is 419 g/mol. The quantitative estimate of drug-likeness (QED) is 0.581. The van der Waals surface area contributed by atoms with Crippen LogP contribution in [-0.2, 0) is 36.9 Å². The molecule has 0 fully saturated rings. The number of aryl methyl sites for hydroxylation is 2. The molecule has 0 saturated carbocycles. The van der Waals surface area contributed by atoms with Gasteiger partial charge in [-0.2, -0.15) is 23.4 Å².